The molecule has 2 fully saturated rings. The predicted octanol–water partition coefficient (Wildman–Crippen LogP) is 2.76. The van der Waals surface area contributed by atoms with Gasteiger partial charge >= 0.3 is 6.18 Å². The first-order chi connectivity index (χ1) is 14.4. The zero-order chi connectivity index (χ0) is 22.6. The molecule has 1 aliphatic carbocycles. The number of halogens is 4. The van der Waals surface area contributed by atoms with Crippen molar-refractivity contribution in [3.05, 3.63) is 17.7 Å². The molecule has 1 N–H and O–H groups in total. The minimum atomic E-state index is -4.65. The zero-order valence-electron chi connectivity index (χ0n) is 17.2. The van der Waals surface area contributed by atoms with Gasteiger partial charge in [-0.15, -0.1) is 5.10 Å². The van der Waals surface area contributed by atoms with Crippen molar-refractivity contribution < 1.29 is 26.0 Å². The van der Waals surface area contributed by atoms with Crippen LogP contribution in [-0.2, 0) is 21.6 Å². The SMILES string of the molecule is CCC1(c2nc(C(F)(F)F)c3cnc(NC4CCN(S(C)(=O)=O)CC4F)nn23)CCC1. The van der Waals surface area contributed by atoms with E-state index in [0.717, 1.165) is 36.0 Å². The number of rotatable bonds is 5. The molecule has 172 valence electrons. The second-order valence-corrected chi connectivity index (χ2v) is 10.3. The van der Waals surface area contributed by atoms with Crippen molar-refractivity contribution in [1.29, 1.82) is 0 Å². The quantitative estimate of drug-likeness (QED) is 0.685. The van der Waals surface area contributed by atoms with Crippen LogP contribution in [0.25, 0.3) is 5.52 Å². The molecule has 1 aliphatic heterocycles. The Morgan fingerprint density at radius 2 is 2.03 bits per heavy atom. The lowest BCUT2D eigenvalue weighted by atomic mass is 9.66. The maximum Gasteiger partial charge on any atom is 0.435 e. The van der Waals surface area contributed by atoms with Crippen LogP contribution in [0.5, 0.6) is 0 Å². The lowest BCUT2D eigenvalue weighted by Crippen LogP contribution is -2.49. The van der Waals surface area contributed by atoms with Gasteiger partial charge in [-0.2, -0.15) is 17.5 Å². The van der Waals surface area contributed by atoms with Crippen molar-refractivity contribution in [3.8, 4) is 0 Å². The number of nitrogens with zero attached hydrogens (tertiary/aromatic N) is 5. The fraction of sp³-hybridized carbons (Fsp3) is 0.722. The van der Waals surface area contributed by atoms with Crippen LogP contribution >= 0.6 is 0 Å². The number of alkyl halides is 4. The van der Waals surface area contributed by atoms with Crippen LogP contribution < -0.4 is 5.32 Å². The maximum atomic E-state index is 14.6. The summed E-state index contributed by atoms with van der Waals surface area (Å²) in [5.74, 6) is 0.226. The first-order valence-corrected chi connectivity index (χ1v) is 12.0. The molecule has 2 aromatic rings. The third-order valence-electron chi connectivity index (χ3n) is 6.41. The lowest BCUT2D eigenvalue weighted by Gasteiger charge is -2.39. The van der Waals surface area contributed by atoms with Gasteiger partial charge in [0.15, 0.2) is 5.69 Å². The summed E-state index contributed by atoms with van der Waals surface area (Å²) in [4.78, 5) is 7.89. The van der Waals surface area contributed by atoms with Gasteiger partial charge in [0.05, 0.1) is 18.5 Å². The molecule has 8 nitrogen and oxygen atoms in total. The average Bonchev–Trinajstić information content (AvgIpc) is 3.02. The van der Waals surface area contributed by atoms with E-state index < -0.39 is 39.5 Å². The van der Waals surface area contributed by atoms with Crippen LogP contribution in [0.4, 0.5) is 23.5 Å². The van der Waals surface area contributed by atoms with Crippen LogP contribution in [0, 0.1) is 0 Å². The highest BCUT2D eigenvalue weighted by atomic mass is 32.2. The second kappa shape index (κ2) is 7.54. The lowest BCUT2D eigenvalue weighted by molar-refractivity contribution is -0.139. The van der Waals surface area contributed by atoms with Crippen molar-refractivity contribution in [2.45, 2.75) is 62.8 Å². The number of aromatic nitrogens is 4. The van der Waals surface area contributed by atoms with Crippen LogP contribution in [0.3, 0.4) is 0 Å². The third-order valence-corrected chi connectivity index (χ3v) is 7.68. The Morgan fingerprint density at radius 3 is 2.55 bits per heavy atom. The Labute approximate surface area is 177 Å². The topological polar surface area (TPSA) is 92.5 Å². The first kappa shape index (κ1) is 22.2. The molecule has 2 aliphatic rings. The molecule has 1 saturated heterocycles. The van der Waals surface area contributed by atoms with Crippen LogP contribution in [0.15, 0.2) is 6.20 Å². The molecule has 31 heavy (non-hydrogen) atoms. The van der Waals surface area contributed by atoms with E-state index >= 15 is 0 Å². The van der Waals surface area contributed by atoms with Gasteiger partial charge in [-0.25, -0.2) is 27.3 Å². The van der Waals surface area contributed by atoms with Gasteiger partial charge in [0, 0.05) is 18.5 Å². The minimum Gasteiger partial charge on any atom is -0.347 e. The van der Waals surface area contributed by atoms with E-state index in [-0.39, 0.29) is 36.8 Å². The Hall–Kier alpha value is -2.02. The summed E-state index contributed by atoms with van der Waals surface area (Å²) >= 11 is 0. The fourth-order valence-electron chi connectivity index (χ4n) is 4.35. The summed E-state index contributed by atoms with van der Waals surface area (Å²) in [6.07, 6.45) is -0.920. The molecular formula is C18H24F4N6O2S. The summed E-state index contributed by atoms with van der Waals surface area (Å²) in [7, 11) is -3.50. The smallest absolute Gasteiger partial charge is 0.347 e. The second-order valence-electron chi connectivity index (χ2n) is 8.32. The van der Waals surface area contributed by atoms with Crippen molar-refractivity contribution in [1.82, 2.24) is 23.9 Å². The van der Waals surface area contributed by atoms with Gasteiger partial charge in [0.25, 0.3) is 0 Å². The molecule has 0 bridgehead atoms. The Balaban J connectivity index is 1.66. The molecule has 0 radical (unpaired) electrons. The number of hydrogen-bond acceptors (Lipinski definition) is 6. The molecule has 0 aromatic carbocycles. The zero-order valence-corrected chi connectivity index (χ0v) is 18.0. The van der Waals surface area contributed by atoms with Crippen LogP contribution in [-0.4, -0.2) is 63.9 Å². The average molecular weight is 464 g/mol. The Kier molecular flexibility index (Phi) is 5.39. The fourth-order valence-corrected chi connectivity index (χ4v) is 5.20. The van der Waals surface area contributed by atoms with Crippen molar-refractivity contribution in [3.63, 3.8) is 0 Å². The van der Waals surface area contributed by atoms with E-state index in [1.54, 1.807) is 0 Å². The van der Waals surface area contributed by atoms with Gasteiger partial charge in [-0.3, -0.25) is 0 Å². The number of imidazole rings is 1. The first-order valence-electron chi connectivity index (χ1n) is 10.1. The molecule has 13 heteroatoms. The number of fused-ring (bicyclic) bond motifs is 1. The molecular weight excluding hydrogens is 440 g/mol. The van der Waals surface area contributed by atoms with E-state index in [0.29, 0.717) is 6.42 Å². The van der Waals surface area contributed by atoms with E-state index in [9.17, 15) is 26.0 Å². The van der Waals surface area contributed by atoms with E-state index in [1.165, 1.54) is 4.52 Å². The van der Waals surface area contributed by atoms with E-state index in [2.05, 4.69) is 20.4 Å². The molecule has 0 amide bonds. The maximum absolute atomic E-state index is 14.6. The molecule has 2 aromatic heterocycles. The standard InChI is InChI=1S/C18H24F4N6O2S/c1-3-17(6-4-7-17)15-25-14(18(20,21)22)13-9-23-16(26-28(13)15)24-12-5-8-27(10-11(12)19)31(2,29)30/h9,11-12H,3-8,10H2,1-2H3,(H,24,26). The summed E-state index contributed by atoms with van der Waals surface area (Å²) in [5, 5.41) is 7.06. The summed E-state index contributed by atoms with van der Waals surface area (Å²) in [6, 6.07) is -0.756. The summed E-state index contributed by atoms with van der Waals surface area (Å²) in [6.45, 7) is 1.75. The number of piperidine rings is 1. The summed E-state index contributed by atoms with van der Waals surface area (Å²) in [5.41, 5.74) is -1.74. The number of nitrogens with one attached hydrogen (secondary N) is 1. The molecule has 4 rings (SSSR count). The molecule has 2 atom stereocenters. The normalized spacial score (nSPS) is 24.8. The number of anilines is 1. The van der Waals surface area contributed by atoms with Gasteiger partial charge in [-0.05, 0) is 25.7 Å². The monoisotopic (exact) mass is 464 g/mol. The van der Waals surface area contributed by atoms with Crippen molar-refractivity contribution in [2.24, 2.45) is 0 Å². The number of hydrogen-bond donors (Lipinski definition) is 1. The largest absolute Gasteiger partial charge is 0.435 e. The van der Waals surface area contributed by atoms with Gasteiger partial charge < -0.3 is 5.32 Å². The van der Waals surface area contributed by atoms with Gasteiger partial charge in [0.1, 0.15) is 17.5 Å². The molecule has 1 saturated carbocycles. The number of sulfonamides is 1. The molecule has 3 heterocycles. The highest BCUT2D eigenvalue weighted by Crippen LogP contribution is 2.47. The van der Waals surface area contributed by atoms with Crippen LogP contribution in [0.1, 0.15) is 50.5 Å². The Morgan fingerprint density at radius 1 is 1.32 bits per heavy atom. The predicted molar refractivity (Wildman–Crippen MR) is 105 cm³/mol. The van der Waals surface area contributed by atoms with Crippen molar-refractivity contribution in [2.75, 3.05) is 24.7 Å². The van der Waals surface area contributed by atoms with Crippen molar-refractivity contribution >= 4 is 21.5 Å². The van der Waals surface area contributed by atoms with E-state index in [4.69, 9.17) is 0 Å². The highest BCUT2D eigenvalue weighted by Gasteiger charge is 2.45. The summed E-state index contributed by atoms with van der Waals surface area (Å²) < 4.78 is 80.7. The van der Waals surface area contributed by atoms with E-state index in [1.807, 2.05) is 6.92 Å². The minimum absolute atomic E-state index is 0.0223. The molecule has 0 spiro atoms. The third kappa shape index (κ3) is 3.97. The van der Waals surface area contributed by atoms with Crippen LogP contribution in [0.2, 0.25) is 0 Å². The van der Waals surface area contributed by atoms with Gasteiger partial charge in [-0.1, -0.05) is 13.3 Å². The highest BCUT2D eigenvalue weighted by molar-refractivity contribution is 7.88. The molecule has 2 unspecified atom stereocenters. The van der Waals surface area contributed by atoms with Gasteiger partial charge in [0.2, 0.25) is 16.0 Å². The Bertz CT molecular complexity index is 1080.